The third-order valence-corrected chi connectivity index (χ3v) is 5.53. The first kappa shape index (κ1) is 19.0. The quantitative estimate of drug-likeness (QED) is 0.835. The van der Waals surface area contributed by atoms with Gasteiger partial charge in [0.25, 0.3) is 5.91 Å². The first-order valence-electron chi connectivity index (χ1n) is 9.66. The van der Waals surface area contributed by atoms with Gasteiger partial charge >= 0.3 is 0 Å². The van der Waals surface area contributed by atoms with E-state index >= 15 is 0 Å². The van der Waals surface area contributed by atoms with Crippen molar-refractivity contribution in [2.75, 3.05) is 12.4 Å². The molecule has 0 bridgehead atoms. The molecule has 1 amide bonds. The van der Waals surface area contributed by atoms with Crippen molar-refractivity contribution in [2.24, 2.45) is 5.92 Å². The van der Waals surface area contributed by atoms with E-state index in [2.05, 4.69) is 10.6 Å². The van der Waals surface area contributed by atoms with Crippen LogP contribution >= 0.6 is 0 Å². The zero-order valence-corrected chi connectivity index (χ0v) is 16.7. The molecule has 2 aliphatic rings. The zero-order chi connectivity index (χ0) is 20.6. The molecule has 0 saturated heterocycles. The minimum Gasteiger partial charge on any atom is -0.497 e. The van der Waals surface area contributed by atoms with Crippen molar-refractivity contribution in [3.8, 4) is 5.75 Å². The van der Waals surface area contributed by atoms with Gasteiger partial charge in [0.2, 0.25) is 0 Å². The van der Waals surface area contributed by atoms with Crippen molar-refractivity contribution >= 4 is 17.4 Å². The topological polar surface area (TPSA) is 67.4 Å². The third kappa shape index (κ3) is 3.56. The number of hydrogen-bond donors (Lipinski definition) is 2. The van der Waals surface area contributed by atoms with Gasteiger partial charge in [-0.1, -0.05) is 36.4 Å². The number of hydrogen-bond acceptors (Lipinski definition) is 4. The van der Waals surface area contributed by atoms with Crippen LogP contribution in [0, 0.1) is 5.92 Å². The molecule has 2 aromatic carbocycles. The maximum absolute atomic E-state index is 13.0. The standard InChI is InChI=1S/C24H24N2O3/c1-24(2,16-7-6-8-17(14-16)29-3)26-23(28)15-11-12-19-21(13-15)25-20-10-5-4-9-18(20)22(19)27/h4-14,19,21,25H,1-3H3,(H,26,28). The molecular weight excluding hydrogens is 364 g/mol. The molecule has 1 heterocycles. The molecular formula is C24H24N2O3. The number of anilines is 1. The largest absolute Gasteiger partial charge is 0.497 e. The molecule has 5 nitrogen and oxygen atoms in total. The van der Waals surface area contributed by atoms with Crippen LogP contribution in [0.4, 0.5) is 5.69 Å². The molecule has 2 N–H and O–H groups in total. The second-order valence-corrected chi connectivity index (χ2v) is 7.90. The number of carbonyl (C=O) groups is 2. The highest BCUT2D eigenvalue weighted by Gasteiger charge is 2.35. The van der Waals surface area contributed by atoms with Crippen LogP contribution in [-0.2, 0) is 10.3 Å². The monoisotopic (exact) mass is 388 g/mol. The smallest absolute Gasteiger partial charge is 0.251 e. The molecule has 29 heavy (non-hydrogen) atoms. The Morgan fingerprint density at radius 2 is 1.93 bits per heavy atom. The van der Waals surface area contributed by atoms with E-state index in [9.17, 15) is 9.59 Å². The van der Waals surface area contributed by atoms with Gasteiger partial charge in [0.15, 0.2) is 5.78 Å². The predicted molar refractivity (Wildman–Crippen MR) is 113 cm³/mol. The van der Waals surface area contributed by atoms with Crippen LogP contribution in [0.15, 0.2) is 72.3 Å². The molecule has 2 unspecified atom stereocenters. The maximum Gasteiger partial charge on any atom is 0.251 e. The number of para-hydroxylation sites is 1. The number of carbonyl (C=O) groups excluding carboxylic acids is 2. The fourth-order valence-electron chi connectivity index (χ4n) is 3.84. The first-order valence-corrected chi connectivity index (χ1v) is 9.66. The summed E-state index contributed by atoms with van der Waals surface area (Å²) >= 11 is 0. The summed E-state index contributed by atoms with van der Waals surface area (Å²) in [7, 11) is 1.62. The Morgan fingerprint density at radius 1 is 1.14 bits per heavy atom. The number of Topliss-reactive ketones (excluding diaryl/α,β-unsaturated/α-hetero) is 1. The van der Waals surface area contributed by atoms with Gasteiger partial charge in [-0.3, -0.25) is 9.59 Å². The number of nitrogens with one attached hydrogen (secondary N) is 2. The summed E-state index contributed by atoms with van der Waals surface area (Å²) in [4.78, 5) is 25.7. The van der Waals surface area contributed by atoms with E-state index in [1.807, 2.05) is 74.5 Å². The highest BCUT2D eigenvalue weighted by Crippen LogP contribution is 2.33. The predicted octanol–water partition coefficient (Wildman–Crippen LogP) is 3.84. The van der Waals surface area contributed by atoms with E-state index < -0.39 is 5.54 Å². The van der Waals surface area contributed by atoms with Gasteiger partial charge in [0.1, 0.15) is 5.75 Å². The van der Waals surface area contributed by atoms with Crippen LogP contribution in [0.2, 0.25) is 0 Å². The average molecular weight is 388 g/mol. The summed E-state index contributed by atoms with van der Waals surface area (Å²) < 4.78 is 5.29. The molecule has 0 aromatic heterocycles. The van der Waals surface area contributed by atoms with Gasteiger partial charge in [-0.2, -0.15) is 0 Å². The van der Waals surface area contributed by atoms with Gasteiger partial charge in [0.05, 0.1) is 24.6 Å². The second-order valence-electron chi connectivity index (χ2n) is 7.90. The minimum atomic E-state index is -0.584. The Bertz CT molecular complexity index is 1040. The van der Waals surface area contributed by atoms with Gasteiger partial charge in [-0.05, 0) is 49.8 Å². The van der Waals surface area contributed by atoms with Crippen LogP contribution in [0.3, 0.4) is 0 Å². The number of ketones is 1. The lowest BCUT2D eigenvalue weighted by Crippen LogP contribution is -2.43. The van der Waals surface area contributed by atoms with Crippen molar-refractivity contribution in [2.45, 2.75) is 25.4 Å². The molecule has 0 spiro atoms. The Labute approximate surface area is 170 Å². The Kier molecular flexibility index (Phi) is 4.74. The number of fused-ring (bicyclic) bond motifs is 2. The number of benzene rings is 2. The zero-order valence-electron chi connectivity index (χ0n) is 16.7. The fraction of sp³-hybridized carbons (Fsp3) is 0.250. The molecule has 0 fully saturated rings. The normalized spacial score (nSPS) is 20.1. The summed E-state index contributed by atoms with van der Waals surface area (Å²) in [5.41, 5.74) is 2.41. The van der Waals surface area contributed by atoms with E-state index in [4.69, 9.17) is 4.74 Å². The first-order chi connectivity index (χ1) is 13.9. The molecule has 2 aromatic rings. The van der Waals surface area contributed by atoms with E-state index in [0.29, 0.717) is 11.1 Å². The molecule has 2 atom stereocenters. The number of rotatable bonds is 4. The van der Waals surface area contributed by atoms with Crippen molar-refractivity contribution < 1.29 is 14.3 Å². The van der Waals surface area contributed by atoms with Crippen LogP contribution < -0.4 is 15.4 Å². The lowest BCUT2D eigenvalue weighted by molar-refractivity contribution is -0.118. The van der Waals surface area contributed by atoms with Crippen LogP contribution in [0.5, 0.6) is 5.75 Å². The fourth-order valence-corrected chi connectivity index (χ4v) is 3.84. The molecule has 1 aliphatic carbocycles. The van der Waals surface area contributed by atoms with Crippen LogP contribution in [0.25, 0.3) is 0 Å². The Hall–Kier alpha value is -3.34. The van der Waals surface area contributed by atoms with E-state index in [0.717, 1.165) is 17.0 Å². The lowest BCUT2D eigenvalue weighted by Gasteiger charge is -2.33. The van der Waals surface area contributed by atoms with Gasteiger partial charge in [0, 0.05) is 16.8 Å². The van der Waals surface area contributed by atoms with Crippen molar-refractivity contribution in [1.82, 2.24) is 5.32 Å². The van der Waals surface area contributed by atoms with Crippen molar-refractivity contribution in [3.63, 3.8) is 0 Å². The van der Waals surface area contributed by atoms with Gasteiger partial charge < -0.3 is 15.4 Å². The maximum atomic E-state index is 13.0. The third-order valence-electron chi connectivity index (χ3n) is 5.53. The molecule has 0 saturated carbocycles. The van der Waals surface area contributed by atoms with E-state index in [-0.39, 0.29) is 23.7 Å². The number of methoxy groups -OCH3 is 1. The Balaban J connectivity index is 1.54. The molecule has 0 radical (unpaired) electrons. The molecule has 148 valence electrons. The molecule has 5 heteroatoms. The van der Waals surface area contributed by atoms with Crippen LogP contribution in [0.1, 0.15) is 29.8 Å². The van der Waals surface area contributed by atoms with Crippen molar-refractivity contribution in [1.29, 1.82) is 0 Å². The molecule has 4 rings (SSSR count). The van der Waals surface area contributed by atoms with E-state index in [1.165, 1.54) is 0 Å². The number of ether oxygens (including phenoxy) is 1. The summed E-state index contributed by atoms with van der Waals surface area (Å²) in [6, 6.07) is 14.9. The van der Waals surface area contributed by atoms with Gasteiger partial charge in [-0.25, -0.2) is 0 Å². The molecule has 1 aliphatic heterocycles. The average Bonchev–Trinajstić information content (AvgIpc) is 2.73. The highest BCUT2D eigenvalue weighted by atomic mass is 16.5. The summed E-state index contributed by atoms with van der Waals surface area (Å²) in [5.74, 6) is 0.342. The lowest BCUT2D eigenvalue weighted by atomic mass is 9.81. The van der Waals surface area contributed by atoms with Crippen LogP contribution in [-0.4, -0.2) is 24.8 Å². The van der Waals surface area contributed by atoms with E-state index in [1.54, 1.807) is 13.2 Å². The Morgan fingerprint density at radius 3 is 2.72 bits per heavy atom. The number of amides is 1. The summed E-state index contributed by atoms with van der Waals surface area (Å²) in [5, 5.41) is 6.47. The van der Waals surface area contributed by atoms with Gasteiger partial charge in [-0.15, -0.1) is 0 Å². The SMILES string of the molecule is COc1cccc(C(C)(C)NC(=O)C2=CC3Nc4ccccc4C(=O)C3C=C2)c1. The minimum absolute atomic E-state index is 0.0769. The second kappa shape index (κ2) is 7.24. The van der Waals surface area contributed by atoms with Crippen molar-refractivity contribution in [3.05, 3.63) is 83.5 Å². The summed E-state index contributed by atoms with van der Waals surface area (Å²) in [6.07, 6.45) is 5.41. The highest BCUT2D eigenvalue weighted by molar-refractivity contribution is 6.07. The summed E-state index contributed by atoms with van der Waals surface area (Å²) in [6.45, 7) is 3.91.